The fourth-order valence-electron chi connectivity index (χ4n) is 2.01. The van der Waals surface area contributed by atoms with Crippen LogP contribution in [0.5, 0.6) is 5.75 Å². The Morgan fingerprint density at radius 3 is 2.62 bits per heavy atom. The van der Waals surface area contributed by atoms with Gasteiger partial charge in [0.1, 0.15) is 11.4 Å². The Balaban J connectivity index is 2.95. The van der Waals surface area contributed by atoms with Gasteiger partial charge in [-0.3, -0.25) is 14.9 Å². The number of rotatable bonds is 7. The van der Waals surface area contributed by atoms with Gasteiger partial charge in [0.15, 0.2) is 0 Å². The molecule has 0 aliphatic carbocycles. The van der Waals surface area contributed by atoms with Crippen LogP contribution in [0.4, 0.5) is 11.4 Å². The van der Waals surface area contributed by atoms with E-state index < -0.39 is 4.92 Å². The largest absolute Gasteiger partial charge is 0.496 e. The van der Waals surface area contributed by atoms with Crippen LogP contribution < -0.4 is 15.8 Å². The molecule has 3 N–H and O–H groups in total. The minimum absolute atomic E-state index is 0.146. The first kappa shape index (κ1) is 16.9. The molecule has 0 saturated carbocycles. The molecule has 1 rings (SSSR count). The van der Waals surface area contributed by atoms with E-state index in [1.54, 1.807) is 6.07 Å². The summed E-state index contributed by atoms with van der Waals surface area (Å²) < 4.78 is 4.95. The lowest BCUT2D eigenvalue weighted by Crippen LogP contribution is -2.30. The number of nitro benzene ring substituents is 1. The predicted molar refractivity (Wildman–Crippen MR) is 80.3 cm³/mol. The zero-order valence-corrected chi connectivity index (χ0v) is 12.5. The number of benzene rings is 1. The Labute approximate surface area is 123 Å². The molecule has 1 unspecified atom stereocenters. The number of carbonyl (C=O) groups excluding carboxylic acids is 1. The van der Waals surface area contributed by atoms with Crippen LogP contribution in [-0.4, -0.2) is 24.5 Å². The van der Waals surface area contributed by atoms with Crippen molar-refractivity contribution in [2.45, 2.75) is 20.3 Å². The van der Waals surface area contributed by atoms with Crippen molar-refractivity contribution >= 4 is 17.3 Å². The first-order valence-corrected chi connectivity index (χ1v) is 6.72. The number of hydrogen-bond acceptors (Lipinski definition) is 5. The maximum Gasteiger partial charge on any atom is 0.296 e. The molecule has 0 heterocycles. The molecular weight excluding hydrogens is 274 g/mol. The number of nitrogens with two attached hydrogens (primary N) is 1. The lowest BCUT2D eigenvalue weighted by atomic mass is 9.96. The molecule has 0 bridgehead atoms. The van der Waals surface area contributed by atoms with Gasteiger partial charge >= 0.3 is 0 Å². The molecule has 0 radical (unpaired) electrons. The van der Waals surface area contributed by atoms with Gasteiger partial charge in [0.05, 0.1) is 24.0 Å². The fourth-order valence-corrected chi connectivity index (χ4v) is 2.01. The fraction of sp³-hybridized carbons (Fsp3) is 0.500. The highest BCUT2D eigenvalue weighted by atomic mass is 16.6. The third-order valence-electron chi connectivity index (χ3n) is 3.07. The van der Waals surface area contributed by atoms with Gasteiger partial charge in [-0.2, -0.15) is 0 Å². The van der Waals surface area contributed by atoms with Gasteiger partial charge in [-0.05, 0) is 24.5 Å². The van der Waals surface area contributed by atoms with Gasteiger partial charge in [-0.25, -0.2) is 0 Å². The van der Waals surface area contributed by atoms with Crippen LogP contribution in [0, 0.1) is 22.0 Å². The number of methoxy groups -OCH3 is 1. The molecule has 7 nitrogen and oxygen atoms in total. The highest BCUT2D eigenvalue weighted by Crippen LogP contribution is 2.29. The van der Waals surface area contributed by atoms with E-state index in [1.165, 1.54) is 19.2 Å². The molecule has 0 aliphatic heterocycles. The summed E-state index contributed by atoms with van der Waals surface area (Å²) in [7, 11) is 1.42. The molecule has 1 aromatic rings. The average molecular weight is 295 g/mol. The highest BCUT2D eigenvalue weighted by Gasteiger charge is 2.22. The number of ether oxygens (including phenoxy) is 1. The number of anilines is 1. The maximum atomic E-state index is 12.2. The molecule has 1 aromatic carbocycles. The third-order valence-corrected chi connectivity index (χ3v) is 3.07. The summed E-state index contributed by atoms with van der Waals surface area (Å²) in [6.45, 7) is 4.19. The second-order valence-corrected chi connectivity index (χ2v) is 5.19. The molecule has 1 amide bonds. The Kier molecular flexibility index (Phi) is 6.10. The molecule has 21 heavy (non-hydrogen) atoms. The van der Waals surface area contributed by atoms with Crippen molar-refractivity contribution in [2.24, 2.45) is 17.6 Å². The minimum Gasteiger partial charge on any atom is -0.496 e. The van der Waals surface area contributed by atoms with E-state index in [1.807, 2.05) is 13.8 Å². The van der Waals surface area contributed by atoms with Gasteiger partial charge in [0.25, 0.3) is 5.69 Å². The van der Waals surface area contributed by atoms with Crippen molar-refractivity contribution in [3.05, 3.63) is 28.3 Å². The number of carbonyl (C=O) groups is 1. The Morgan fingerprint density at radius 2 is 2.14 bits per heavy atom. The summed E-state index contributed by atoms with van der Waals surface area (Å²) >= 11 is 0. The van der Waals surface area contributed by atoms with Gasteiger partial charge in [0.2, 0.25) is 5.91 Å². The number of nitrogens with zero attached hydrogens (tertiary/aromatic N) is 1. The maximum absolute atomic E-state index is 12.2. The molecule has 0 saturated heterocycles. The van der Waals surface area contributed by atoms with Crippen LogP contribution in [-0.2, 0) is 4.79 Å². The molecule has 116 valence electrons. The summed E-state index contributed by atoms with van der Waals surface area (Å²) in [5, 5.41) is 13.6. The van der Waals surface area contributed by atoms with E-state index >= 15 is 0 Å². The Morgan fingerprint density at radius 1 is 1.48 bits per heavy atom. The predicted octanol–water partition coefficient (Wildman–Crippen LogP) is 2.16. The van der Waals surface area contributed by atoms with E-state index in [0.29, 0.717) is 18.1 Å². The summed E-state index contributed by atoms with van der Waals surface area (Å²) in [5.74, 6) is -0.00131. The molecule has 0 spiro atoms. The summed E-state index contributed by atoms with van der Waals surface area (Å²) in [6.07, 6.45) is 0.631. The Bertz CT molecular complexity index is 517. The van der Waals surface area contributed by atoms with Crippen LogP contribution in [0.3, 0.4) is 0 Å². The van der Waals surface area contributed by atoms with E-state index in [-0.39, 0.29) is 29.7 Å². The number of nitro groups is 1. The van der Waals surface area contributed by atoms with E-state index in [2.05, 4.69) is 5.32 Å². The number of hydrogen-bond donors (Lipinski definition) is 2. The zero-order valence-electron chi connectivity index (χ0n) is 12.5. The van der Waals surface area contributed by atoms with Crippen molar-refractivity contribution in [3.63, 3.8) is 0 Å². The molecular formula is C14H21N3O4. The lowest BCUT2D eigenvalue weighted by Gasteiger charge is -2.17. The first-order chi connectivity index (χ1) is 9.88. The number of amides is 1. The van der Waals surface area contributed by atoms with Crippen LogP contribution in [0.1, 0.15) is 20.3 Å². The minimum atomic E-state index is -0.558. The molecule has 1 atom stereocenters. The van der Waals surface area contributed by atoms with Gasteiger partial charge in [-0.15, -0.1) is 0 Å². The first-order valence-electron chi connectivity index (χ1n) is 6.72. The third kappa shape index (κ3) is 4.71. The molecule has 0 fully saturated rings. The topological polar surface area (TPSA) is 107 Å². The monoisotopic (exact) mass is 295 g/mol. The quantitative estimate of drug-likeness (QED) is 0.592. The highest BCUT2D eigenvalue weighted by molar-refractivity contribution is 5.95. The van der Waals surface area contributed by atoms with Crippen LogP contribution >= 0.6 is 0 Å². The van der Waals surface area contributed by atoms with E-state index in [0.717, 1.165) is 0 Å². The van der Waals surface area contributed by atoms with Crippen molar-refractivity contribution in [1.29, 1.82) is 0 Å². The van der Waals surface area contributed by atoms with Crippen molar-refractivity contribution in [2.75, 3.05) is 19.0 Å². The van der Waals surface area contributed by atoms with Gasteiger partial charge in [-0.1, -0.05) is 13.8 Å². The summed E-state index contributed by atoms with van der Waals surface area (Å²) in [5.41, 5.74) is 5.55. The Hall–Kier alpha value is -2.15. The number of nitrogens with one attached hydrogen (secondary N) is 1. The SMILES string of the molecule is COc1ccc(NC(=O)C(CN)CC(C)C)c([N+](=O)[O-])c1. The second-order valence-electron chi connectivity index (χ2n) is 5.19. The smallest absolute Gasteiger partial charge is 0.296 e. The van der Waals surface area contributed by atoms with Crippen LogP contribution in [0.25, 0.3) is 0 Å². The second kappa shape index (κ2) is 7.58. The molecule has 0 aromatic heterocycles. The van der Waals surface area contributed by atoms with Crippen LogP contribution in [0.15, 0.2) is 18.2 Å². The molecule has 7 heteroatoms. The van der Waals surface area contributed by atoms with E-state index in [9.17, 15) is 14.9 Å². The van der Waals surface area contributed by atoms with Crippen molar-refractivity contribution in [3.8, 4) is 5.75 Å². The standard InChI is InChI=1S/C14H21N3O4/c1-9(2)6-10(8-15)14(18)16-12-5-4-11(21-3)7-13(12)17(19)20/h4-5,7,9-10H,6,8,15H2,1-3H3,(H,16,18). The van der Waals surface area contributed by atoms with Crippen molar-refractivity contribution in [1.82, 2.24) is 0 Å². The van der Waals surface area contributed by atoms with Crippen molar-refractivity contribution < 1.29 is 14.5 Å². The normalized spacial score (nSPS) is 12.0. The average Bonchev–Trinajstić information content (AvgIpc) is 2.44. The van der Waals surface area contributed by atoms with Gasteiger partial charge < -0.3 is 15.8 Å². The van der Waals surface area contributed by atoms with E-state index in [4.69, 9.17) is 10.5 Å². The van der Waals surface area contributed by atoms with Gasteiger partial charge in [0, 0.05) is 6.54 Å². The lowest BCUT2D eigenvalue weighted by molar-refractivity contribution is -0.384. The van der Waals surface area contributed by atoms with Crippen LogP contribution in [0.2, 0.25) is 0 Å². The summed E-state index contributed by atoms with van der Waals surface area (Å²) in [6, 6.07) is 4.29. The molecule has 0 aliphatic rings. The zero-order chi connectivity index (χ0) is 16.0. The summed E-state index contributed by atoms with van der Waals surface area (Å²) in [4.78, 5) is 22.7.